The molecular formula is C21H23F3N4O5. The minimum atomic E-state index is -5.08. The molecule has 9 nitrogen and oxygen atoms in total. The van der Waals surface area contributed by atoms with Crippen LogP contribution in [0.3, 0.4) is 0 Å². The van der Waals surface area contributed by atoms with Crippen LogP contribution in [0.4, 0.5) is 13.2 Å². The van der Waals surface area contributed by atoms with Gasteiger partial charge in [-0.15, -0.1) is 10.2 Å². The van der Waals surface area contributed by atoms with Crippen molar-refractivity contribution < 1.29 is 37.0 Å². The summed E-state index contributed by atoms with van der Waals surface area (Å²) in [6.07, 6.45) is 2.31. The summed E-state index contributed by atoms with van der Waals surface area (Å²) in [7, 11) is 0. The summed E-state index contributed by atoms with van der Waals surface area (Å²) in [5.74, 6) is 0.113. The molecule has 0 spiro atoms. The van der Waals surface area contributed by atoms with E-state index in [9.17, 15) is 18.0 Å². The summed E-state index contributed by atoms with van der Waals surface area (Å²) in [4.78, 5) is 27.5. The third-order valence-corrected chi connectivity index (χ3v) is 6.04. The summed E-state index contributed by atoms with van der Waals surface area (Å²) < 4.78 is 43.6. The molecule has 0 bridgehead atoms. The average molecular weight is 468 g/mol. The van der Waals surface area contributed by atoms with Crippen LogP contribution in [0.15, 0.2) is 28.9 Å². The first kappa shape index (κ1) is 23.1. The van der Waals surface area contributed by atoms with Gasteiger partial charge in [-0.1, -0.05) is 0 Å². The number of hydrogen-bond donors (Lipinski definition) is 1. The van der Waals surface area contributed by atoms with Gasteiger partial charge in [-0.2, -0.15) is 13.2 Å². The second kappa shape index (κ2) is 9.46. The summed E-state index contributed by atoms with van der Waals surface area (Å²) in [5, 5.41) is 15.5. The van der Waals surface area contributed by atoms with Gasteiger partial charge in [0.25, 0.3) is 5.91 Å². The number of pyridine rings is 1. The van der Waals surface area contributed by atoms with Gasteiger partial charge in [0.05, 0.1) is 19.1 Å². The number of carboxylic acids is 1. The Kier molecular flexibility index (Phi) is 6.63. The molecule has 2 saturated heterocycles. The zero-order chi connectivity index (χ0) is 23.6. The second-order valence-corrected chi connectivity index (χ2v) is 8.39. The molecule has 12 heteroatoms. The van der Waals surface area contributed by atoms with E-state index >= 15 is 0 Å². The minimum absolute atomic E-state index is 0.0836. The van der Waals surface area contributed by atoms with Crippen molar-refractivity contribution in [3.8, 4) is 0 Å². The van der Waals surface area contributed by atoms with Crippen molar-refractivity contribution in [1.82, 2.24) is 20.1 Å². The number of ether oxygens (including phenoxy) is 1. The van der Waals surface area contributed by atoms with Crippen LogP contribution in [0.25, 0.3) is 0 Å². The van der Waals surface area contributed by atoms with Gasteiger partial charge < -0.3 is 19.2 Å². The third-order valence-electron chi connectivity index (χ3n) is 6.04. The van der Waals surface area contributed by atoms with Gasteiger partial charge in [-0.05, 0) is 37.3 Å². The number of carboxylic acid groups (broad SMARTS) is 1. The normalized spacial score (nSPS) is 24.6. The largest absolute Gasteiger partial charge is 0.490 e. The van der Waals surface area contributed by atoms with Crippen LogP contribution < -0.4 is 0 Å². The molecule has 2 aromatic rings. The Labute approximate surface area is 186 Å². The van der Waals surface area contributed by atoms with Crippen molar-refractivity contribution >= 4 is 11.9 Å². The molecule has 3 fully saturated rings. The highest BCUT2D eigenvalue weighted by molar-refractivity contribution is 5.94. The van der Waals surface area contributed by atoms with Crippen molar-refractivity contribution in [1.29, 1.82) is 0 Å². The fraction of sp³-hybridized carbons (Fsp3) is 0.571. The van der Waals surface area contributed by atoms with Gasteiger partial charge in [-0.25, -0.2) is 4.79 Å². The Morgan fingerprint density at radius 2 is 1.85 bits per heavy atom. The maximum Gasteiger partial charge on any atom is 0.490 e. The lowest BCUT2D eigenvalue weighted by molar-refractivity contribution is -0.192. The number of hydrogen-bond acceptors (Lipinski definition) is 7. The molecule has 33 heavy (non-hydrogen) atoms. The van der Waals surface area contributed by atoms with Crippen LogP contribution in [-0.4, -0.2) is 69.0 Å². The lowest BCUT2D eigenvalue weighted by Gasteiger charge is -2.35. The van der Waals surface area contributed by atoms with E-state index in [0.717, 1.165) is 38.2 Å². The van der Waals surface area contributed by atoms with Crippen molar-refractivity contribution in [3.05, 3.63) is 41.9 Å². The van der Waals surface area contributed by atoms with Crippen LogP contribution >= 0.6 is 0 Å². The predicted octanol–water partition coefficient (Wildman–Crippen LogP) is 2.70. The van der Waals surface area contributed by atoms with Crippen LogP contribution in [-0.2, 0) is 16.0 Å². The quantitative estimate of drug-likeness (QED) is 0.728. The molecule has 1 amide bonds. The van der Waals surface area contributed by atoms with E-state index in [0.29, 0.717) is 42.2 Å². The molecule has 1 aliphatic carbocycles. The van der Waals surface area contributed by atoms with E-state index in [2.05, 4.69) is 15.2 Å². The number of carbonyl (C=O) groups excluding carboxylic acids is 1. The maximum absolute atomic E-state index is 12.7. The number of rotatable bonds is 4. The van der Waals surface area contributed by atoms with Gasteiger partial charge in [0.2, 0.25) is 11.8 Å². The Hall–Kier alpha value is -3.02. The summed E-state index contributed by atoms with van der Waals surface area (Å²) in [6.45, 7) is 2.21. The maximum atomic E-state index is 12.7. The fourth-order valence-corrected chi connectivity index (χ4v) is 4.18. The van der Waals surface area contributed by atoms with Crippen LogP contribution in [0, 0.1) is 11.8 Å². The highest BCUT2D eigenvalue weighted by atomic mass is 19.4. The van der Waals surface area contributed by atoms with E-state index in [1.54, 1.807) is 24.5 Å². The Balaban J connectivity index is 0.000000325. The van der Waals surface area contributed by atoms with Gasteiger partial charge in [-0.3, -0.25) is 9.78 Å². The highest BCUT2D eigenvalue weighted by Crippen LogP contribution is 2.40. The van der Waals surface area contributed by atoms with Gasteiger partial charge >= 0.3 is 12.1 Å². The number of fused-ring (bicyclic) bond motifs is 1. The lowest BCUT2D eigenvalue weighted by Crippen LogP contribution is -2.44. The van der Waals surface area contributed by atoms with Crippen molar-refractivity contribution in [2.24, 2.45) is 11.8 Å². The number of aromatic nitrogens is 3. The predicted molar refractivity (Wildman–Crippen MR) is 105 cm³/mol. The molecule has 1 saturated carbocycles. The molecule has 0 aromatic carbocycles. The van der Waals surface area contributed by atoms with Crippen molar-refractivity contribution in [2.45, 2.75) is 43.9 Å². The summed E-state index contributed by atoms with van der Waals surface area (Å²) in [6, 6.07) is 3.55. The van der Waals surface area contributed by atoms with Crippen LogP contribution in [0.1, 0.15) is 47.3 Å². The fourth-order valence-electron chi connectivity index (χ4n) is 4.18. The number of likely N-dealkylation sites (tertiary alicyclic amines) is 1. The Morgan fingerprint density at radius 3 is 2.48 bits per heavy atom. The molecule has 4 heterocycles. The molecule has 1 N–H and O–H groups in total. The molecule has 3 atom stereocenters. The van der Waals surface area contributed by atoms with Gasteiger partial charge in [0.15, 0.2) is 0 Å². The van der Waals surface area contributed by atoms with E-state index in [4.69, 9.17) is 19.1 Å². The Bertz CT molecular complexity index is 980. The van der Waals surface area contributed by atoms with Crippen molar-refractivity contribution in [2.75, 3.05) is 19.7 Å². The van der Waals surface area contributed by atoms with Crippen LogP contribution in [0.5, 0.6) is 0 Å². The number of halogens is 3. The smallest absolute Gasteiger partial charge is 0.475 e. The summed E-state index contributed by atoms with van der Waals surface area (Å²) in [5.41, 5.74) is 0.701. The lowest BCUT2D eigenvalue weighted by atomic mass is 9.83. The van der Waals surface area contributed by atoms with Gasteiger partial charge in [0.1, 0.15) is 0 Å². The number of piperidine rings is 1. The number of alkyl halides is 3. The first-order valence-electron chi connectivity index (χ1n) is 10.7. The van der Waals surface area contributed by atoms with Crippen molar-refractivity contribution in [3.63, 3.8) is 0 Å². The minimum Gasteiger partial charge on any atom is -0.475 e. The van der Waals surface area contributed by atoms with E-state index in [1.165, 1.54) is 0 Å². The van der Waals surface area contributed by atoms with Crippen LogP contribution in [0.2, 0.25) is 0 Å². The molecule has 178 valence electrons. The topological polar surface area (TPSA) is 119 Å². The molecule has 5 rings (SSSR count). The highest BCUT2D eigenvalue weighted by Gasteiger charge is 2.43. The standard InChI is InChI=1S/C19H22N4O3.C2HF3O2/c24-19(13-3-6-20-7-4-13)23-8-5-15-14(10-23)11-25-16(15)9-17-21-22-18(26-17)12-1-2-12;3-2(4,5)1(6)7/h3-4,6-7,12,14-16H,1-2,5,8-11H2;(H,6,7)/t14-,15-,16-;/m1./s1. The van der Waals surface area contributed by atoms with E-state index < -0.39 is 12.1 Å². The molecule has 0 radical (unpaired) electrons. The molecule has 0 unspecified atom stereocenters. The monoisotopic (exact) mass is 468 g/mol. The average Bonchev–Trinajstić information content (AvgIpc) is 3.42. The summed E-state index contributed by atoms with van der Waals surface area (Å²) >= 11 is 0. The SMILES string of the molecule is O=C(O)C(F)(F)F.O=C(c1ccncc1)N1CC[C@@H]2[C@@H](CO[C@@H]2Cc2nnc(C3CC3)o2)C1. The van der Waals surface area contributed by atoms with Gasteiger partial charge in [0, 0.05) is 42.9 Å². The first-order chi connectivity index (χ1) is 15.7. The number of nitrogens with zero attached hydrogens (tertiary/aromatic N) is 4. The molecular weight excluding hydrogens is 445 g/mol. The number of aliphatic carboxylic acids is 1. The third kappa shape index (κ3) is 5.67. The second-order valence-electron chi connectivity index (χ2n) is 8.39. The molecule has 2 aromatic heterocycles. The Morgan fingerprint density at radius 1 is 1.15 bits per heavy atom. The van der Waals surface area contributed by atoms with E-state index in [1.807, 2.05) is 4.90 Å². The zero-order valence-electron chi connectivity index (χ0n) is 17.6. The molecule has 2 aliphatic heterocycles. The first-order valence-corrected chi connectivity index (χ1v) is 10.7. The zero-order valence-corrected chi connectivity index (χ0v) is 17.6. The molecule has 3 aliphatic rings. The number of amides is 1. The number of carbonyl (C=O) groups is 2. The van der Waals surface area contributed by atoms with E-state index in [-0.39, 0.29) is 12.0 Å².